The second-order valence-electron chi connectivity index (χ2n) is 9.22. The average Bonchev–Trinajstić information content (AvgIpc) is 3.33. The average molecular weight is 536 g/mol. The molecule has 0 spiro atoms. The molecule has 2 N–H and O–H groups in total. The normalized spacial score (nSPS) is 14.6. The first-order valence-electron chi connectivity index (χ1n) is 13.3. The topological polar surface area (TPSA) is 90.3 Å². The van der Waals surface area contributed by atoms with E-state index in [9.17, 15) is 4.79 Å². The number of rotatable bonds is 13. The monoisotopic (exact) mass is 535 g/mol. The van der Waals surface area contributed by atoms with E-state index in [1.54, 1.807) is 23.6 Å². The van der Waals surface area contributed by atoms with Gasteiger partial charge >= 0.3 is 0 Å². The van der Waals surface area contributed by atoms with Crippen LogP contribution in [0.5, 0.6) is 11.5 Å². The fourth-order valence-electron chi connectivity index (χ4n) is 4.39. The Bertz CT molecular complexity index is 1260. The summed E-state index contributed by atoms with van der Waals surface area (Å²) in [6.07, 6.45) is 5.55. The van der Waals surface area contributed by atoms with Crippen LogP contribution in [0.2, 0.25) is 0 Å². The van der Waals surface area contributed by atoms with E-state index in [-0.39, 0.29) is 5.91 Å². The molecule has 1 atom stereocenters. The minimum Gasteiger partial charge on any atom is -0.493 e. The van der Waals surface area contributed by atoms with Crippen molar-refractivity contribution in [3.8, 4) is 11.5 Å². The Balaban J connectivity index is 1.69. The standard InChI is InChI=1S/C29H37N5O3S/c1-5-7-8-12-17-37-23-16-15-21(19-24(23)36-4)26-25(27(35)31-22-13-10-9-11-14-22)20(3)30-28-32-29(33-34(26)28)38-18-6-2/h9-11,13-16,19,26H,5-8,12,17-18H2,1-4H3,(H,31,35)(H,30,32,33). The fraction of sp³-hybridized carbons (Fsp3) is 0.414. The van der Waals surface area contributed by atoms with Gasteiger partial charge in [-0.15, -0.1) is 5.10 Å². The van der Waals surface area contributed by atoms with Gasteiger partial charge in [0.1, 0.15) is 6.04 Å². The lowest BCUT2D eigenvalue weighted by Crippen LogP contribution is -2.31. The number of nitrogens with one attached hydrogen (secondary N) is 2. The second kappa shape index (κ2) is 13.4. The van der Waals surface area contributed by atoms with Crippen LogP contribution in [0.3, 0.4) is 0 Å². The van der Waals surface area contributed by atoms with Crippen LogP contribution in [-0.4, -0.2) is 40.1 Å². The molecule has 1 aromatic heterocycles. The van der Waals surface area contributed by atoms with Gasteiger partial charge < -0.3 is 20.1 Å². The molecule has 9 heteroatoms. The Morgan fingerprint density at radius 3 is 2.63 bits per heavy atom. The molecule has 8 nitrogen and oxygen atoms in total. The van der Waals surface area contributed by atoms with Gasteiger partial charge in [-0.1, -0.05) is 69.1 Å². The summed E-state index contributed by atoms with van der Waals surface area (Å²) in [5.41, 5.74) is 2.88. The molecule has 1 unspecified atom stereocenters. The zero-order valence-corrected chi connectivity index (χ0v) is 23.4. The number of aromatic nitrogens is 3. The summed E-state index contributed by atoms with van der Waals surface area (Å²) in [5.74, 6) is 2.64. The van der Waals surface area contributed by atoms with Gasteiger partial charge in [0.15, 0.2) is 11.5 Å². The molecule has 202 valence electrons. The van der Waals surface area contributed by atoms with Gasteiger partial charge in [-0.05, 0) is 49.6 Å². The van der Waals surface area contributed by atoms with E-state index in [0.717, 1.165) is 42.0 Å². The van der Waals surface area contributed by atoms with Crippen molar-refractivity contribution in [3.05, 3.63) is 65.4 Å². The molecule has 0 radical (unpaired) electrons. The first-order chi connectivity index (χ1) is 18.5. The minimum atomic E-state index is -0.494. The third-order valence-electron chi connectivity index (χ3n) is 6.30. The molecule has 0 saturated carbocycles. The first kappa shape index (κ1) is 27.6. The van der Waals surface area contributed by atoms with Crippen LogP contribution in [0, 0.1) is 0 Å². The number of benzene rings is 2. The van der Waals surface area contributed by atoms with E-state index in [4.69, 9.17) is 19.6 Å². The smallest absolute Gasteiger partial charge is 0.255 e. The Labute approximate surface area is 229 Å². The van der Waals surface area contributed by atoms with E-state index < -0.39 is 6.04 Å². The van der Waals surface area contributed by atoms with Crippen LogP contribution < -0.4 is 20.1 Å². The number of ether oxygens (including phenoxy) is 2. The predicted molar refractivity (Wildman–Crippen MR) is 153 cm³/mol. The molecule has 2 aromatic carbocycles. The fourth-order valence-corrected chi connectivity index (χ4v) is 5.08. The van der Waals surface area contributed by atoms with Gasteiger partial charge in [0, 0.05) is 17.1 Å². The van der Waals surface area contributed by atoms with Crippen LogP contribution in [0.15, 0.2) is 65.0 Å². The summed E-state index contributed by atoms with van der Waals surface area (Å²) < 4.78 is 13.6. The maximum Gasteiger partial charge on any atom is 0.255 e. The van der Waals surface area contributed by atoms with E-state index >= 15 is 0 Å². The minimum absolute atomic E-state index is 0.203. The zero-order chi connectivity index (χ0) is 26.9. The number of carbonyl (C=O) groups is 1. The number of carbonyl (C=O) groups excluding carboxylic acids is 1. The lowest BCUT2D eigenvalue weighted by molar-refractivity contribution is -0.113. The maximum atomic E-state index is 13.7. The quantitative estimate of drug-likeness (QED) is 0.186. The molecule has 0 fully saturated rings. The van der Waals surface area contributed by atoms with Gasteiger partial charge in [0.2, 0.25) is 11.1 Å². The molecule has 0 bridgehead atoms. The Morgan fingerprint density at radius 2 is 1.89 bits per heavy atom. The van der Waals surface area contributed by atoms with Gasteiger partial charge in [-0.25, -0.2) is 4.68 Å². The van der Waals surface area contributed by atoms with Crippen LogP contribution in [0.1, 0.15) is 64.5 Å². The molecule has 0 saturated heterocycles. The largest absolute Gasteiger partial charge is 0.493 e. The molecule has 2 heterocycles. The molecule has 1 amide bonds. The number of nitrogens with zero attached hydrogens (tertiary/aromatic N) is 3. The van der Waals surface area contributed by atoms with Crippen molar-refractivity contribution >= 4 is 29.3 Å². The lowest BCUT2D eigenvalue weighted by atomic mass is 9.94. The highest BCUT2D eigenvalue weighted by Crippen LogP contribution is 2.40. The Morgan fingerprint density at radius 1 is 1.08 bits per heavy atom. The molecule has 1 aliphatic heterocycles. The number of hydrogen-bond donors (Lipinski definition) is 2. The number of allylic oxidation sites excluding steroid dienone is 1. The molecule has 3 aromatic rings. The third-order valence-corrected chi connectivity index (χ3v) is 7.35. The number of thioether (sulfide) groups is 1. The van der Waals surface area contributed by atoms with Crippen molar-refractivity contribution in [2.45, 2.75) is 64.1 Å². The van der Waals surface area contributed by atoms with Gasteiger partial charge in [-0.2, -0.15) is 4.98 Å². The van der Waals surface area contributed by atoms with Crippen LogP contribution in [0.25, 0.3) is 0 Å². The van der Waals surface area contributed by atoms with Crippen molar-refractivity contribution in [1.29, 1.82) is 0 Å². The highest BCUT2D eigenvalue weighted by molar-refractivity contribution is 7.99. The summed E-state index contributed by atoms with van der Waals surface area (Å²) in [6.45, 7) is 6.86. The Kier molecular flexibility index (Phi) is 9.70. The van der Waals surface area contributed by atoms with Crippen molar-refractivity contribution < 1.29 is 14.3 Å². The number of fused-ring (bicyclic) bond motifs is 1. The van der Waals surface area contributed by atoms with Crippen molar-refractivity contribution in [2.24, 2.45) is 0 Å². The van der Waals surface area contributed by atoms with Crippen molar-refractivity contribution in [3.63, 3.8) is 0 Å². The molecule has 4 rings (SSSR count). The molecule has 1 aliphatic rings. The molecular weight excluding hydrogens is 498 g/mol. The van der Waals surface area contributed by atoms with E-state index in [1.807, 2.05) is 55.5 Å². The van der Waals surface area contributed by atoms with Crippen LogP contribution in [-0.2, 0) is 4.79 Å². The van der Waals surface area contributed by atoms with E-state index in [1.165, 1.54) is 12.8 Å². The summed E-state index contributed by atoms with van der Waals surface area (Å²) >= 11 is 1.60. The highest BCUT2D eigenvalue weighted by atomic mass is 32.2. The van der Waals surface area contributed by atoms with Crippen LogP contribution >= 0.6 is 11.8 Å². The molecule has 0 aliphatic carbocycles. The zero-order valence-electron chi connectivity index (χ0n) is 22.6. The summed E-state index contributed by atoms with van der Waals surface area (Å²) in [4.78, 5) is 18.4. The Hall–Kier alpha value is -3.46. The van der Waals surface area contributed by atoms with Crippen molar-refractivity contribution in [2.75, 3.05) is 30.1 Å². The van der Waals surface area contributed by atoms with Gasteiger partial charge in [-0.3, -0.25) is 4.79 Å². The van der Waals surface area contributed by atoms with E-state index in [2.05, 4.69) is 24.5 Å². The van der Waals surface area contributed by atoms with Gasteiger partial charge in [0.05, 0.1) is 19.3 Å². The SMILES string of the molecule is CCCCCCOc1ccc(C2C(C(=O)Nc3ccccc3)=C(C)Nc3nc(SCCC)nn32)cc1OC. The number of methoxy groups -OCH3 is 1. The molecular formula is C29H37N5O3S. The van der Waals surface area contributed by atoms with Crippen LogP contribution in [0.4, 0.5) is 11.6 Å². The number of hydrogen-bond acceptors (Lipinski definition) is 7. The summed E-state index contributed by atoms with van der Waals surface area (Å²) in [5, 5.41) is 11.8. The molecule has 38 heavy (non-hydrogen) atoms. The second-order valence-corrected chi connectivity index (χ2v) is 10.3. The highest BCUT2D eigenvalue weighted by Gasteiger charge is 2.35. The first-order valence-corrected chi connectivity index (χ1v) is 14.3. The lowest BCUT2D eigenvalue weighted by Gasteiger charge is -2.29. The number of unbranched alkanes of at least 4 members (excludes halogenated alkanes) is 3. The van der Waals surface area contributed by atoms with Gasteiger partial charge in [0.25, 0.3) is 5.91 Å². The third kappa shape index (κ3) is 6.51. The number of para-hydroxylation sites is 1. The van der Waals surface area contributed by atoms with Crippen molar-refractivity contribution in [1.82, 2.24) is 14.8 Å². The predicted octanol–water partition coefficient (Wildman–Crippen LogP) is 6.68. The summed E-state index contributed by atoms with van der Waals surface area (Å²) in [6, 6.07) is 14.8. The number of amides is 1. The maximum absolute atomic E-state index is 13.7. The van der Waals surface area contributed by atoms with E-state index in [0.29, 0.717) is 34.8 Å². The number of anilines is 2. The summed E-state index contributed by atoms with van der Waals surface area (Å²) in [7, 11) is 1.63.